The third-order valence-corrected chi connectivity index (χ3v) is 8.52. The van der Waals surface area contributed by atoms with Crippen molar-refractivity contribution in [2.45, 2.75) is 30.4 Å². The van der Waals surface area contributed by atoms with Crippen LogP contribution in [0, 0.1) is 11.3 Å². The molecule has 0 amide bonds. The predicted octanol–water partition coefficient (Wildman–Crippen LogP) is 4.96. The van der Waals surface area contributed by atoms with E-state index < -0.39 is 10.0 Å². The summed E-state index contributed by atoms with van der Waals surface area (Å²) in [6.07, 6.45) is 3.94. The van der Waals surface area contributed by atoms with Crippen LogP contribution in [0.15, 0.2) is 90.2 Å². The minimum atomic E-state index is -3.88. The SMILES string of the molecule is COc1ccc(S(=O)(=O)N2Cc3cc(C#N)ccc3N(Cc3cnc[nH]3)C[C@H]2Cc2ccccc2)cc1.Cl.Cl. The largest absolute Gasteiger partial charge is 0.497 e. The quantitative estimate of drug-likeness (QED) is 0.329. The summed E-state index contributed by atoms with van der Waals surface area (Å²) in [5.41, 5.74) is 4.14. The second-order valence-electron chi connectivity index (χ2n) is 8.98. The van der Waals surface area contributed by atoms with Crippen molar-refractivity contribution < 1.29 is 13.2 Å². The van der Waals surface area contributed by atoms with E-state index in [1.165, 1.54) is 0 Å². The number of methoxy groups -OCH3 is 1. The number of imidazole rings is 1. The van der Waals surface area contributed by atoms with E-state index in [1.807, 2.05) is 36.4 Å². The van der Waals surface area contributed by atoms with E-state index in [2.05, 4.69) is 20.9 Å². The summed E-state index contributed by atoms with van der Waals surface area (Å²) in [4.78, 5) is 9.67. The summed E-state index contributed by atoms with van der Waals surface area (Å²) >= 11 is 0. The number of fused-ring (bicyclic) bond motifs is 1. The number of halogens is 2. The number of H-pyrrole nitrogens is 1. The second kappa shape index (κ2) is 13.0. The summed E-state index contributed by atoms with van der Waals surface area (Å²) in [6.45, 7) is 1.14. The van der Waals surface area contributed by atoms with E-state index >= 15 is 0 Å². The van der Waals surface area contributed by atoms with Crippen LogP contribution < -0.4 is 9.64 Å². The molecule has 0 spiro atoms. The Morgan fingerprint density at radius 1 is 1.08 bits per heavy atom. The van der Waals surface area contributed by atoms with Crippen LogP contribution in [0.4, 0.5) is 5.69 Å². The van der Waals surface area contributed by atoms with Crippen molar-refractivity contribution in [2.75, 3.05) is 18.6 Å². The number of benzene rings is 3. The van der Waals surface area contributed by atoms with Crippen molar-refractivity contribution in [3.8, 4) is 11.8 Å². The molecular weight excluding hydrogens is 557 g/mol. The highest BCUT2D eigenvalue weighted by atomic mass is 35.5. The van der Waals surface area contributed by atoms with Crippen LogP contribution in [0.3, 0.4) is 0 Å². The fourth-order valence-corrected chi connectivity index (χ4v) is 6.37. The van der Waals surface area contributed by atoms with Gasteiger partial charge in [0.15, 0.2) is 0 Å². The van der Waals surface area contributed by atoms with Gasteiger partial charge in [0.1, 0.15) is 5.75 Å². The van der Waals surface area contributed by atoms with E-state index in [1.54, 1.807) is 60.3 Å². The molecule has 11 heteroatoms. The van der Waals surface area contributed by atoms with Crippen LogP contribution in [0.2, 0.25) is 0 Å². The average molecular weight is 587 g/mol. The van der Waals surface area contributed by atoms with Crippen LogP contribution in [-0.4, -0.2) is 42.4 Å². The number of anilines is 1. The number of aromatic nitrogens is 2. The molecule has 8 nitrogen and oxygen atoms in total. The Morgan fingerprint density at radius 3 is 2.46 bits per heavy atom. The molecule has 2 heterocycles. The molecule has 1 N–H and O–H groups in total. The maximum Gasteiger partial charge on any atom is 0.243 e. The fourth-order valence-electron chi connectivity index (χ4n) is 4.77. The fraction of sp³-hybridized carbons (Fsp3) is 0.214. The maximum atomic E-state index is 14.1. The van der Waals surface area contributed by atoms with Crippen molar-refractivity contribution in [3.05, 3.63) is 108 Å². The van der Waals surface area contributed by atoms with E-state index in [9.17, 15) is 13.7 Å². The number of nitriles is 1. The van der Waals surface area contributed by atoms with Crippen LogP contribution in [0.5, 0.6) is 5.75 Å². The molecule has 0 fully saturated rings. The number of hydrogen-bond donors (Lipinski definition) is 1. The number of aromatic amines is 1. The van der Waals surface area contributed by atoms with Crippen LogP contribution in [-0.2, 0) is 29.5 Å². The Morgan fingerprint density at radius 2 is 1.82 bits per heavy atom. The zero-order chi connectivity index (χ0) is 25.8. The first-order valence-electron chi connectivity index (χ1n) is 11.9. The number of nitrogens with zero attached hydrogens (tertiary/aromatic N) is 4. The van der Waals surface area contributed by atoms with Crippen LogP contribution >= 0.6 is 24.8 Å². The first-order valence-corrected chi connectivity index (χ1v) is 13.4. The molecule has 0 bridgehead atoms. The Labute approximate surface area is 241 Å². The molecular formula is C28H29Cl2N5O3S. The Balaban J connectivity index is 0.00000210. The monoisotopic (exact) mass is 585 g/mol. The summed E-state index contributed by atoms with van der Waals surface area (Å²) < 4.78 is 35.0. The van der Waals surface area contributed by atoms with Gasteiger partial charge in [0.25, 0.3) is 0 Å². The Bertz CT molecular complexity index is 1510. The molecule has 0 saturated heterocycles. The zero-order valence-corrected chi connectivity index (χ0v) is 23.7. The van der Waals surface area contributed by atoms with Gasteiger partial charge >= 0.3 is 0 Å². The molecule has 0 aliphatic carbocycles. The Hall–Kier alpha value is -3.55. The summed E-state index contributed by atoms with van der Waals surface area (Å²) in [6, 6.07) is 23.7. The summed E-state index contributed by atoms with van der Waals surface area (Å²) in [7, 11) is -2.33. The lowest BCUT2D eigenvalue weighted by Gasteiger charge is -2.32. The van der Waals surface area contributed by atoms with Gasteiger partial charge in [-0.3, -0.25) is 0 Å². The lowest BCUT2D eigenvalue weighted by atomic mass is 10.1. The summed E-state index contributed by atoms with van der Waals surface area (Å²) in [5.74, 6) is 0.588. The van der Waals surface area contributed by atoms with Gasteiger partial charge in [-0.15, -0.1) is 24.8 Å². The van der Waals surface area contributed by atoms with Crippen LogP contribution in [0.1, 0.15) is 22.4 Å². The zero-order valence-electron chi connectivity index (χ0n) is 21.2. The Kier molecular flexibility index (Phi) is 10.0. The third kappa shape index (κ3) is 6.54. The van der Waals surface area contributed by atoms with Crippen molar-refractivity contribution in [2.24, 2.45) is 0 Å². The lowest BCUT2D eigenvalue weighted by molar-refractivity contribution is 0.318. The highest BCUT2D eigenvalue weighted by Gasteiger charge is 2.36. The van der Waals surface area contributed by atoms with Gasteiger partial charge in [-0.25, -0.2) is 13.4 Å². The number of nitrogens with one attached hydrogen (secondary N) is 1. The topological polar surface area (TPSA) is 102 Å². The summed E-state index contributed by atoms with van der Waals surface area (Å²) in [5, 5.41) is 9.56. The van der Waals surface area contributed by atoms with Crippen LogP contribution in [0.25, 0.3) is 0 Å². The highest BCUT2D eigenvalue weighted by Crippen LogP contribution is 2.34. The molecule has 1 atom stereocenters. The van der Waals surface area contributed by atoms with E-state index in [0.29, 0.717) is 30.8 Å². The van der Waals surface area contributed by atoms with Gasteiger partial charge in [-0.2, -0.15) is 9.57 Å². The molecule has 39 heavy (non-hydrogen) atoms. The molecule has 3 aromatic carbocycles. The number of hydrogen-bond acceptors (Lipinski definition) is 6. The molecule has 5 rings (SSSR count). The predicted molar refractivity (Wildman–Crippen MR) is 155 cm³/mol. The first kappa shape index (κ1) is 30.0. The van der Waals surface area contributed by atoms with Crippen molar-refractivity contribution >= 4 is 40.5 Å². The standard InChI is InChI=1S/C28H27N5O3S.2ClH/c1-36-26-8-10-27(11-9-26)37(34,35)33-17-23-13-22(15-29)7-12-28(23)32(18-24-16-30-20-31-24)19-25(33)14-21-5-3-2-4-6-21;;/h2-13,16,20,25H,14,17-19H2,1H3,(H,30,31);2*1H/t25-;;/m1../s1. The lowest BCUT2D eigenvalue weighted by Crippen LogP contribution is -2.45. The van der Waals surface area contributed by atoms with Gasteiger partial charge in [0.2, 0.25) is 10.0 Å². The molecule has 0 radical (unpaired) electrons. The average Bonchev–Trinajstić information content (AvgIpc) is 3.39. The molecule has 204 valence electrons. The number of ether oxygens (including phenoxy) is 1. The third-order valence-electron chi connectivity index (χ3n) is 6.61. The molecule has 0 saturated carbocycles. The van der Waals surface area contributed by atoms with Gasteiger partial charge in [-0.1, -0.05) is 30.3 Å². The van der Waals surface area contributed by atoms with E-state index in [0.717, 1.165) is 22.5 Å². The van der Waals surface area contributed by atoms with Gasteiger partial charge < -0.3 is 14.6 Å². The van der Waals surface area contributed by atoms with Crippen molar-refractivity contribution in [1.82, 2.24) is 14.3 Å². The van der Waals surface area contributed by atoms with E-state index in [-0.39, 0.29) is 42.3 Å². The second-order valence-corrected chi connectivity index (χ2v) is 10.9. The molecule has 0 unspecified atom stereocenters. The molecule has 1 aromatic heterocycles. The smallest absolute Gasteiger partial charge is 0.243 e. The van der Waals surface area contributed by atoms with Gasteiger partial charge in [0.05, 0.1) is 42.2 Å². The number of rotatable bonds is 7. The van der Waals surface area contributed by atoms with Gasteiger partial charge in [-0.05, 0) is 60.0 Å². The number of sulfonamides is 1. The van der Waals surface area contributed by atoms with E-state index in [4.69, 9.17) is 4.74 Å². The molecule has 1 aliphatic heterocycles. The minimum absolute atomic E-state index is 0. The molecule has 1 aliphatic rings. The first-order chi connectivity index (χ1) is 18.0. The normalized spacial score (nSPS) is 15.2. The molecule has 4 aromatic rings. The maximum absolute atomic E-state index is 14.1. The minimum Gasteiger partial charge on any atom is -0.497 e. The van der Waals surface area contributed by atoms with Crippen molar-refractivity contribution in [3.63, 3.8) is 0 Å². The highest BCUT2D eigenvalue weighted by molar-refractivity contribution is 7.89. The van der Waals surface area contributed by atoms with Gasteiger partial charge in [0, 0.05) is 31.0 Å². The van der Waals surface area contributed by atoms with Crippen molar-refractivity contribution in [1.29, 1.82) is 5.26 Å².